The summed E-state index contributed by atoms with van der Waals surface area (Å²) < 4.78 is 0. The maximum absolute atomic E-state index is 6.89. The fraction of sp³-hybridized carbons (Fsp3) is 0.526. The molecule has 4 aliphatic heterocycles. The lowest BCUT2D eigenvalue weighted by Gasteiger charge is -2.55. The molecule has 1 aromatic heterocycles. The molecule has 2 bridgehead atoms. The third kappa shape index (κ3) is 1.87. The van der Waals surface area contributed by atoms with E-state index in [0.29, 0.717) is 0 Å². The van der Waals surface area contributed by atoms with Crippen molar-refractivity contribution in [1.29, 1.82) is 0 Å². The number of benzene rings is 1. The lowest BCUT2D eigenvalue weighted by molar-refractivity contribution is -0.0665. The molecule has 0 amide bonds. The van der Waals surface area contributed by atoms with Gasteiger partial charge in [0.1, 0.15) is 0 Å². The Hall–Kier alpha value is -1.53. The van der Waals surface area contributed by atoms with Gasteiger partial charge in [-0.15, -0.1) is 0 Å². The highest BCUT2D eigenvalue weighted by Crippen LogP contribution is 2.45. The quantitative estimate of drug-likeness (QED) is 0.828. The molecule has 2 aromatic rings. The Labute approximate surface area is 142 Å². The van der Waals surface area contributed by atoms with Crippen LogP contribution >= 0.6 is 0 Å². The number of hydrogen-bond donors (Lipinski definition) is 2. The van der Waals surface area contributed by atoms with Crippen molar-refractivity contribution in [3.63, 3.8) is 0 Å². The molecular weight excluding hydrogens is 298 g/mol. The van der Waals surface area contributed by atoms with Crippen molar-refractivity contribution in [3.05, 3.63) is 42.2 Å². The van der Waals surface area contributed by atoms with Crippen LogP contribution in [0.5, 0.6) is 0 Å². The average molecular weight is 323 g/mol. The topological polar surface area (TPSA) is 57.4 Å². The van der Waals surface area contributed by atoms with Gasteiger partial charge in [-0.05, 0) is 50.3 Å². The van der Waals surface area contributed by atoms with Gasteiger partial charge in [0, 0.05) is 24.7 Å². The standard InChI is InChI=1S/C19H25N5/c1-23-18(13-24-8-6-16(18)7-9-24)12-22-19(23,20)17-10-14-4-2-3-5-15(14)11-21-17/h2-5,10-11,16,22H,6-9,12-13,20H2,1H3. The summed E-state index contributed by atoms with van der Waals surface area (Å²) in [4.78, 5) is 9.69. The average Bonchev–Trinajstić information content (AvgIpc) is 2.89. The van der Waals surface area contributed by atoms with E-state index in [1.807, 2.05) is 12.3 Å². The number of nitrogens with zero attached hydrogens (tertiary/aromatic N) is 3. The first-order chi connectivity index (χ1) is 11.6. The highest BCUT2D eigenvalue weighted by Gasteiger charge is 2.59. The van der Waals surface area contributed by atoms with Crippen molar-refractivity contribution in [3.8, 4) is 0 Å². The second-order valence-electron chi connectivity index (χ2n) is 7.75. The van der Waals surface area contributed by atoms with Gasteiger partial charge in [0.15, 0.2) is 5.79 Å². The van der Waals surface area contributed by atoms with E-state index < -0.39 is 5.79 Å². The molecule has 4 aliphatic rings. The van der Waals surface area contributed by atoms with Gasteiger partial charge >= 0.3 is 0 Å². The third-order valence-electron chi connectivity index (χ3n) is 6.73. The van der Waals surface area contributed by atoms with E-state index in [4.69, 9.17) is 10.7 Å². The van der Waals surface area contributed by atoms with Crippen LogP contribution in [0.3, 0.4) is 0 Å². The van der Waals surface area contributed by atoms with Gasteiger partial charge in [-0.25, -0.2) is 0 Å². The van der Waals surface area contributed by atoms with Crippen LogP contribution in [0.1, 0.15) is 18.5 Å². The molecule has 0 saturated carbocycles. The first-order valence-corrected chi connectivity index (χ1v) is 8.97. The number of piperidine rings is 3. The fourth-order valence-corrected chi connectivity index (χ4v) is 5.16. The zero-order valence-electron chi connectivity index (χ0n) is 14.2. The predicted octanol–water partition coefficient (Wildman–Crippen LogP) is 1.30. The molecule has 2 atom stereocenters. The number of nitrogens with one attached hydrogen (secondary N) is 1. The molecule has 5 heterocycles. The SMILES string of the molecule is CN1C(N)(c2cc3ccccc3cn2)NCC12CN1CCC2CC1. The second-order valence-corrected chi connectivity index (χ2v) is 7.75. The monoisotopic (exact) mass is 323 g/mol. The number of likely N-dealkylation sites (N-methyl/N-ethyl adjacent to an activating group) is 1. The van der Waals surface area contributed by atoms with E-state index in [2.05, 4.69) is 46.4 Å². The normalized spacial score (nSPS) is 39.1. The minimum atomic E-state index is -0.692. The number of hydrogen-bond acceptors (Lipinski definition) is 5. The summed E-state index contributed by atoms with van der Waals surface area (Å²) in [5.74, 6) is 0.0358. The molecule has 24 heavy (non-hydrogen) atoms. The smallest absolute Gasteiger partial charge is 0.168 e. The van der Waals surface area contributed by atoms with E-state index in [9.17, 15) is 0 Å². The molecule has 126 valence electrons. The van der Waals surface area contributed by atoms with Crippen molar-refractivity contribution < 1.29 is 0 Å². The van der Waals surface area contributed by atoms with Crippen molar-refractivity contribution >= 4 is 10.8 Å². The summed E-state index contributed by atoms with van der Waals surface area (Å²) in [5.41, 5.74) is 7.94. The fourth-order valence-electron chi connectivity index (χ4n) is 5.16. The Morgan fingerprint density at radius 1 is 1.21 bits per heavy atom. The molecule has 4 saturated heterocycles. The first kappa shape index (κ1) is 14.8. The lowest BCUT2D eigenvalue weighted by Crippen LogP contribution is -2.68. The summed E-state index contributed by atoms with van der Waals surface area (Å²) in [6.45, 7) is 4.54. The molecule has 1 spiro atoms. The van der Waals surface area contributed by atoms with Gasteiger partial charge in [0.25, 0.3) is 0 Å². The number of rotatable bonds is 1. The van der Waals surface area contributed by atoms with Gasteiger partial charge in [-0.2, -0.15) is 0 Å². The van der Waals surface area contributed by atoms with E-state index in [0.717, 1.165) is 30.1 Å². The molecule has 6 rings (SSSR count). The van der Waals surface area contributed by atoms with Crippen LogP contribution in [0, 0.1) is 5.92 Å². The summed E-state index contributed by atoms with van der Waals surface area (Å²) >= 11 is 0. The Kier molecular flexibility index (Phi) is 3.07. The van der Waals surface area contributed by atoms with Crippen LogP contribution in [-0.4, -0.2) is 53.5 Å². The number of nitrogens with two attached hydrogens (primary N) is 1. The Morgan fingerprint density at radius 2 is 1.96 bits per heavy atom. The van der Waals surface area contributed by atoms with Crippen LogP contribution < -0.4 is 11.1 Å². The largest absolute Gasteiger partial charge is 0.301 e. The number of aromatic nitrogens is 1. The molecule has 5 nitrogen and oxygen atoms in total. The molecule has 1 aromatic carbocycles. The van der Waals surface area contributed by atoms with Crippen molar-refractivity contribution in [2.75, 3.05) is 33.2 Å². The van der Waals surface area contributed by atoms with Crippen LogP contribution in [-0.2, 0) is 5.79 Å². The van der Waals surface area contributed by atoms with Gasteiger partial charge in [-0.3, -0.25) is 20.9 Å². The minimum absolute atomic E-state index is 0.137. The van der Waals surface area contributed by atoms with Gasteiger partial charge in [0.2, 0.25) is 0 Å². The van der Waals surface area contributed by atoms with Crippen LogP contribution in [0.2, 0.25) is 0 Å². The van der Waals surface area contributed by atoms with Crippen LogP contribution in [0.15, 0.2) is 36.5 Å². The molecule has 3 N–H and O–H groups in total. The predicted molar refractivity (Wildman–Crippen MR) is 95.3 cm³/mol. The second kappa shape index (κ2) is 4.99. The zero-order valence-corrected chi connectivity index (χ0v) is 14.2. The van der Waals surface area contributed by atoms with Gasteiger partial charge in [0.05, 0.1) is 11.2 Å². The van der Waals surface area contributed by atoms with Crippen molar-refractivity contribution in [1.82, 2.24) is 20.1 Å². The molecular formula is C19H25N5. The molecule has 0 radical (unpaired) electrons. The van der Waals surface area contributed by atoms with Gasteiger partial charge in [-0.1, -0.05) is 24.3 Å². The van der Waals surface area contributed by atoms with E-state index in [-0.39, 0.29) is 5.54 Å². The summed E-state index contributed by atoms with van der Waals surface area (Å²) in [6, 6.07) is 10.5. The molecule has 5 heteroatoms. The highest BCUT2D eigenvalue weighted by atomic mass is 15.5. The summed E-state index contributed by atoms with van der Waals surface area (Å²) in [6.07, 6.45) is 4.51. The highest BCUT2D eigenvalue weighted by molar-refractivity contribution is 5.81. The minimum Gasteiger partial charge on any atom is -0.301 e. The molecule has 0 aliphatic carbocycles. The Bertz CT molecular complexity index is 784. The van der Waals surface area contributed by atoms with E-state index in [1.165, 1.54) is 31.3 Å². The molecule has 4 fully saturated rings. The van der Waals surface area contributed by atoms with E-state index in [1.54, 1.807) is 0 Å². The third-order valence-corrected chi connectivity index (χ3v) is 6.73. The van der Waals surface area contributed by atoms with Crippen LogP contribution in [0.25, 0.3) is 10.8 Å². The maximum atomic E-state index is 6.89. The van der Waals surface area contributed by atoms with Crippen LogP contribution in [0.4, 0.5) is 0 Å². The van der Waals surface area contributed by atoms with Crippen molar-refractivity contribution in [2.24, 2.45) is 11.7 Å². The van der Waals surface area contributed by atoms with Gasteiger partial charge < -0.3 is 4.90 Å². The number of pyridine rings is 1. The number of fused-ring (bicyclic) bond motifs is 3. The molecule has 2 unspecified atom stereocenters. The Morgan fingerprint density at radius 3 is 2.67 bits per heavy atom. The lowest BCUT2D eigenvalue weighted by atomic mass is 9.72. The first-order valence-electron chi connectivity index (χ1n) is 8.97. The van der Waals surface area contributed by atoms with Crippen molar-refractivity contribution in [2.45, 2.75) is 24.2 Å². The summed E-state index contributed by atoms with van der Waals surface area (Å²) in [7, 11) is 2.18. The summed E-state index contributed by atoms with van der Waals surface area (Å²) in [5, 5.41) is 5.97. The maximum Gasteiger partial charge on any atom is 0.168 e. The zero-order chi connectivity index (χ0) is 16.4. The van der Waals surface area contributed by atoms with E-state index >= 15 is 0 Å². The Balaban J connectivity index is 1.55.